The van der Waals surface area contributed by atoms with Gasteiger partial charge in [-0.25, -0.2) is 4.21 Å². The topological polar surface area (TPSA) is 60.9 Å². The van der Waals surface area contributed by atoms with Crippen molar-refractivity contribution < 1.29 is 13.8 Å². The number of benzene rings is 2. The smallest absolute Gasteiger partial charge is 0.259 e. The molecule has 2 aromatic carbocycles. The molecule has 4 rings (SSSR count). The van der Waals surface area contributed by atoms with Crippen molar-refractivity contribution in [3.05, 3.63) is 53.6 Å². The molecule has 1 saturated heterocycles. The summed E-state index contributed by atoms with van der Waals surface area (Å²) < 4.78 is 13.2. The molecule has 0 bridgehead atoms. The number of anilines is 1. The Hall–Kier alpha value is -2.51. The average Bonchev–Trinajstić information content (AvgIpc) is 2.86. The third-order valence-corrected chi connectivity index (χ3v) is 7.18. The van der Waals surface area contributed by atoms with E-state index >= 15 is 0 Å². The Balaban J connectivity index is 1.71. The van der Waals surface area contributed by atoms with Gasteiger partial charge in [0.05, 0.1) is 31.8 Å². The fourth-order valence-corrected chi connectivity index (χ4v) is 5.30. The van der Waals surface area contributed by atoms with Crippen LogP contribution in [0.15, 0.2) is 52.3 Å². The molecule has 2 heterocycles. The largest absolute Gasteiger partial charge is 0.336 e. The maximum atomic E-state index is 13.2. The van der Waals surface area contributed by atoms with Crippen molar-refractivity contribution in [3.63, 3.8) is 0 Å². The molecule has 2 amide bonds. The molecule has 29 heavy (non-hydrogen) atoms. The summed E-state index contributed by atoms with van der Waals surface area (Å²) in [5.74, 6) is -0.226. The lowest BCUT2D eigenvalue weighted by Crippen LogP contribution is -2.48. The summed E-state index contributed by atoms with van der Waals surface area (Å²) in [6, 6.07) is 12.2. The molecule has 2 aliphatic heterocycles. The predicted molar refractivity (Wildman–Crippen MR) is 113 cm³/mol. The van der Waals surface area contributed by atoms with Crippen LogP contribution in [-0.4, -0.2) is 65.1 Å². The molecule has 0 spiro atoms. The zero-order valence-electron chi connectivity index (χ0n) is 16.8. The maximum absolute atomic E-state index is 13.2. The Bertz CT molecular complexity index is 983. The fourth-order valence-electron chi connectivity index (χ4n) is 3.96. The molecule has 0 aliphatic carbocycles. The minimum Gasteiger partial charge on any atom is -0.336 e. The number of likely N-dealkylation sites (N-methyl/N-ethyl adjacent to an activating group) is 1. The first kappa shape index (κ1) is 19.8. The van der Waals surface area contributed by atoms with Crippen LogP contribution < -0.4 is 4.90 Å². The number of nitrogens with zero attached hydrogens (tertiary/aromatic N) is 3. The van der Waals surface area contributed by atoms with E-state index in [0.29, 0.717) is 46.2 Å². The molecule has 0 unspecified atom stereocenters. The predicted octanol–water partition coefficient (Wildman–Crippen LogP) is 2.61. The third kappa shape index (κ3) is 3.49. The SMILES string of the molecule is CCN1CCN(C(=O)c2ccc3c(c2)N(CC)C(=O)c2ccccc2[S@]3=O)CC1. The zero-order valence-corrected chi connectivity index (χ0v) is 17.6. The van der Waals surface area contributed by atoms with E-state index in [1.54, 1.807) is 47.4 Å². The van der Waals surface area contributed by atoms with E-state index in [9.17, 15) is 13.8 Å². The zero-order chi connectivity index (χ0) is 20.5. The first-order valence-electron chi connectivity index (χ1n) is 10.0. The van der Waals surface area contributed by atoms with Crippen molar-refractivity contribution in [2.75, 3.05) is 44.2 Å². The number of hydrogen-bond acceptors (Lipinski definition) is 4. The van der Waals surface area contributed by atoms with Crippen molar-refractivity contribution in [1.82, 2.24) is 9.80 Å². The van der Waals surface area contributed by atoms with Gasteiger partial charge in [-0.3, -0.25) is 9.59 Å². The third-order valence-electron chi connectivity index (χ3n) is 5.68. The van der Waals surface area contributed by atoms with Crippen LogP contribution in [-0.2, 0) is 10.8 Å². The van der Waals surface area contributed by atoms with Crippen LogP contribution >= 0.6 is 0 Å². The van der Waals surface area contributed by atoms with Gasteiger partial charge in [0.1, 0.15) is 0 Å². The van der Waals surface area contributed by atoms with Crippen molar-refractivity contribution in [2.45, 2.75) is 23.6 Å². The Morgan fingerprint density at radius 2 is 1.69 bits per heavy atom. The molecular formula is C22H25N3O3S. The van der Waals surface area contributed by atoms with Gasteiger partial charge < -0.3 is 14.7 Å². The molecule has 0 N–H and O–H groups in total. The van der Waals surface area contributed by atoms with Gasteiger partial charge in [-0.2, -0.15) is 0 Å². The summed E-state index contributed by atoms with van der Waals surface area (Å²) >= 11 is 0. The molecule has 0 saturated carbocycles. The Labute approximate surface area is 173 Å². The molecule has 2 aromatic rings. The monoisotopic (exact) mass is 411 g/mol. The Morgan fingerprint density at radius 3 is 2.38 bits per heavy atom. The second-order valence-corrected chi connectivity index (χ2v) is 8.64. The van der Waals surface area contributed by atoms with E-state index in [1.807, 2.05) is 11.8 Å². The van der Waals surface area contributed by atoms with Crippen LogP contribution in [0.3, 0.4) is 0 Å². The molecule has 152 valence electrons. The summed E-state index contributed by atoms with van der Waals surface area (Å²) in [5.41, 5.74) is 1.54. The van der Waals surface area contributed by atoms with Gasteiger partial charge in [-0.1, -0.05) is 19.1 Å². The fraction of sp³-hybridized carbons (Fsp3) is 0.364. The Kier molecular flexibility index (Phi) is 5.52. The second-order valence-electron chi connectivity index (χ2n) is 7.22. The Morgan fingerprint density at radius 1 is 0.966 bits per heavy atom. The first-order chi connectivity index (χ1) is 14.0. The van der Waals surface area contributed by atoms with E-state index in [1.165, 1.54) is 0 Å². The minimum absolute atomic E-state index is 0.0420. The highest BCUT2D eigenvalue weighted by molar-refractivity contribution is 7.85. The van der Waals surface area contributed by atoms with Crippen LogP contribution in [0.5, 0.6) is 0 Å². The normalized spacial score (nSPS) is 19.5. The van der Waals surface area contributed by atoms with E-state index in [-0.39, 0.29) is 11.8 Å². The standard InChI is InChI=1S/C22H25N3O3S/c1-3-23-11-13-24(14-12-23)21(26)16-9-10-20-18(15-16)25(4-2)22(27)17-7-5-6-8-19(17)29(20)28/h5-10,15H,3-4,11-14H2,1-2H3/t29-/m1/s1. The van der Waals surface area contributed by atoms with Crippen LogP contribution in [0.1, 0.15) is 34.6 Å². The molecule has 0 radical (unpaired) electrons. The lowest BCUT2D eigenvalue weighted by Gasteiger charge is -2.34. The van der Waals surface area contributed by atoms with Crippen LogP contribution in [0.2, 0.25) is 0 Å². The number of hydrogen-bond donors (Lipinski definition) is 0. The molecule has 1 atom stereocenters. The van der Waals surface area contributed by atoms with Crippen LogP contribution in [0.4, 0.5) is 5.69 Å². The first-order valence-corrected chi connectivity index (χ1v) is 11.2. The quantitative estimate of drug-likeness (QED) is 0.779. The van der Waals surface area contributed by atoms with Crippen molar-refractivity contribution in [3.8, 4) is 0 Å². The molecular weight excluding hydrogens is 386 g/mol. The number of amides is 2. The molecule has 6 nitrogen and oxygen atoms in total. The summed E-state index contributed by atoms with van der Waals surface area (Å²) in [6.07, 6.45) is 0. The number of piperazine rings is 1. The highest BCUT2D eigenvalue weighted by Crippen LogP contribution is 2.35. The highest BCUT2D eigenvalue weighted by Gasteiger charge is 2.31. The highest BCUT2D eigenvalue weighted by atomic mass is 32.2. The van der Waals surface area contributed by atoms with Crippen molar-refractivity contribution >= 4 is 28.3 Å². The lowest BCUT2D eigenvalue weighted by molar-refractivity contribution is 0.0643. The maximum Gasteiger partial charge on any atom is 0.259 e. The van der Waals surface area contributed by atoms with E-state index < -0.39 is 10.8 Å². The summed E-state index contributed by atoms with van der Waals surface area (Å²) in [6.45, 7) is 8.55. The van der Waals surface area contributed by atoms with Gasteiger partial charge in [0, 0.05) is 38.3 Å². The van der Waals surface area contributed by atoms with Gasteiger partial charge in [0.2, 0.25) is 0 Å². The van der Waals surface area contributed by atoms with E-state index in [2.05, 4.69) is 11.8 Å². The molecule has 2 aliphatic rings. The summed E-state index contributed by atoms with van der Waals surface area (Å²) in [4.78, 5) is 33.1. The minimum atomic E-state index is -1.48. The number of carbonyl (C=O) groups excluding carboxylic acids is 2. The van der Waals surface area contributed by atoms with Gasteiger partial charge in [-0.05, 0) is 43.8 Å². The van der Waals surface area contributed by atoms with Crippen molar-refractivity contribution in [1.29, 1.82) is 0 Å². The summed E-state index contributed by atoms with van der Waals surface area (Å²) in [5, 5.41) is 0. The number of rotatable bonds is 3. The van der Waals surface area contributed by atoms with Gasteiger partial charge in [0.15, 0.2) is 0 Å². The van der Waals surface area contributed by atoms with Gasteiger partial charge in [-0.15, -0.1) is 0 Å². The van der Waals surface area contributed by atoms with Crippen LogP contribution in [0, 0.1) is 0 Å². The van der Waals surface area contributed by atoms with E-state index in [0.717, 1.165) is 19.6 Å². The van der Waals surface area contributed by atoms with E-state index in [4.69, 9.17) is 0 Å². The number of fused-ring (bicyclic) bond motifs is 2. The van der Waals surface area contributed by atoms with Gasteiger partial charge >= 0.3 is 0 Å². The van der Waals surface area contributed by atoms with Gasteiger partial charge in [0.25, 0.3) is 11.8 Å². The van der Waals surface area contributed by atoms with Crippen molar-refractivity contribution in [2.24, 2.45) is 0 Å². The number of carbonyl (C=O) groups is 2. The average molecular weight is 412 g/mol. The van der Waals surface area contributed by atoms with Crippen LogP contribution in [0.25, 0.3) is 0 Å². The molecule has 1 fully saturated rings. The second kappa shape index (κ2) is 8.08. The molecule has 7 heteroatoms. The molecule has 0 aromatic heterocycles. The summed E-state index contributed by atoms with van der Waals surface area (Å²) in [7, 11) is -1.48. The lowest BCUT2D eigenvalue weighted by atomic mass is 10.1.